The summed E-state index contributed by atoms with van der Waals surface area (Å²) >= 11 is 0. The third kappa shape index (κ3) is 6.43. The molecular formula is C42H40F3N13O3. The first-order chi connectivity index (χ1) is 29.5. The number of pyridine rings is 1. The van der Waals surface area contributed by atoms with Gasteiger partial charge in [-0.1, -0.05) is 6.07 Å². The van der Waals surface area contributed by atoms with Gasteiger partial charge in [0.25, 0.3) is 0 Å². The molecule has 3 saturated heterocycles. The molecular weight excluding hydrogens is 792 g/mol. The number of nitrogens with one attached hydrogen (secondary N) is 1. The van der Waals surface area contributed by atoms with E-state index < -0.39 is 35.6 Å². The molecule has 0 radical (unpaired) electrons. The van der Waals surface area contributed by atoms with Crippen molar-refractivity contribution >= 4 is 51.5 Å². The van der Waals surface area contributed by atoms with E-state index in [9.17, 15) is 19.2 Å². The molecule has 0 unspecified atom stereocenters. The van der Waals surface area contributed by atoms with Crippen molar-refractivity contribution < 1.29 is 27.5 Å². The van der Waals surface area contributed by atoms with Crippen molar-refractivity contribution in [2.24, 2.45) is 0 Å². The Kier molecular flexibility index (Phi) is 9.27. The van der Waals surface area contributed by atoms with Gasteiger partial charge in [0.1, 0.15) is 46.9 Å². The number of nitrogens with zero attached hydrogens (tertiary/aromatic N) is 12. The van der Waals surface area contributed by atoms with Crippen molar-refractivity contribution in [2.45, 2.75) is 63.0 Å². The minimum Gasteiger partial charge on any atom is -0.378 e. The number of rotatable bonds is 6. The topological polar surface area (TPSA) is 166 Å². The number of methoxy groups -OCH3 is 1. The van der Waals surface area contributed by atoms with Crippen LogP contribution in [0, 0.1) is 35.7 Å². The molecule has 0 saturated carbocycles. The van der Waals surface area contributed by atoms with Gasteiger partial charge >= 0.3 is 0 Å². The maximum Gasteiger partial charge on any atom is 0.245 e. The van der Waals surface area contributed by atoms with E-state index in [4.69, 9.17) is 19.7 Å². The van der Waals surface area contributed by atoms with Crippen LogP contribution in [0.1, 0.15) is 25.1 Å². The summed E-state index contributed by atoms with van der Waals surface area (Å²) in [4.78, 5) is 55.1. The molecule has 4 aliphatic heterocycles. The summed E-state index contributed by atoms with van der Waals surface area (Å²) in [5, 5.41) is 17.6. The highest BCUT2D eigenvalue weighted by Crippen LogP contribution is 2.41. The van der Waals surface area contributed by atoms with Crippen molar-refractivity contribution in [3.63, 3.8) is 0 Å². The predicted molar refractivity (Wildman–Crippen MR) is 217 cm³/mol. The fourth-order valence-corrected chi connectivity index (χ4v) is 9.39. The number of likely N-dealkylation sites (tertiary alicyclic amines) is 1. The maximum atomic E-state index is 15.4. The van der Waals surface area contributed by atoms with Gasteiger partial charge in [-0.3, -0.25) is 9.59 Å². The summed E-state index contributed by atoms with van der Waals surface area (Å²) in [5.41, 5.74) is 2.43. The van der Waals surface area contributed by atoms with Crippen LogP contribution in [-0.4, -0.2) is 127 Å². The number of ether oxygens (including phenoxy) is 1. The summed E-state index contributed by atoms with van der Waals surface area (Å²) < 4.78 is 53.9. The first-order valence-corrected chi connectivity index (χ1v) is 20.1. The molecule has 0 aliphatic carbocycles. The van der Waals surface area contributed by atoms with Crippen LogP contribution in [0.15, 0.2) is 54.7 Å². The van der Waals surface area contributed by atoms with Gasteiger partial charge in [-0.15, -0.1) is 0 Å². The first kappa shape index (κ1) is 38.4. The summed E-state index contributed by atoms with van der Waals surface area (Å²) in [5.74, 6) is -0.726. The molecule has 8 heterocycles. The van der Waals surface area contributed by atoms with E-state index in [1.165, 1.54) is 29.1 Å². The van der Waals surface area contributed by atoms with Crippen LogP contribution in [0.2, 0.25) is 0 Å². The molecule has 2 amide bonds. The van der Waals surface area contributed by atoms with Gasteiger partial charge in [0.2, 0.25) is 17.8 Å². The minimum absolute atomic E-state index is 0.0484. The number of fused-ring (bicyclic) bond motifs is 8. The molecule has 0 spiro atoms. The zero-order valence-electron chi connectivity index (χ0n) is 33.5. The lowest BCUT2D eigenvalue weighted by Crippen LogP contribution is -2.72. The summed E-state index contributed by atoms with van der Waals surface area (Å²) in [6.45, 7) is 3.30. The fourth-order valence-electron chi connectivity index (χ4n) is 9.39. The number of carbonyl (C=O) groups is 2. The normalized spacial score (nSPS) is 22.6. The average molecular weight is 832 g/mol. The van der Waals surface area contributed by atoms with Gasteiger partial charge in [0, 0.05) is 64.1 Å². The van der Waals surface area contributed by atoms with E-state index >= 15 is 8.78 Å². The van der Waals surface area contributed by atoms with Crippen molar-refractivity contribution in [3.05, 3.63) is 78.0 Å². The number of amides is 2. The number of carbonyl (C=O) groups excluding carboxylic acids is 2. The zero-order chi connectivity index (χ0) is 42.3. The molecule has 312 valence electrons. The van der Waals surface area contributed by atoms with Gasteiger partial charge in [-0.05, 0) is 50.1 Å². The Hall–Kier alpha value is -6.81. The Bertz CT molecular complexity index is 2810. The molecule has 3 fully saturated rings. The van der Waals surface area contributed by atoms with Gasteiger partial charge in [-0.25, -0.2) is 27.8 Å². The van der Waals surface area contributed by atoms with Crippen LogP contribution in [0.25, 0.3) is 39.0 Å². The molecule has 16 nitrogen and oxygen atoms in total. The monoisotopic (exact) mass is 831 g/mol. The van der Waals surface area contributed by atoms with Crippen LogP contribution < -0.4 is 15.1 Å². The Labute approximate surface area is 347 Å². The van der Waals surface area contributed by atoms with Crippen LogP contribution in [0.3, 0.4) is 0 Å². The third-order valence-corrected chi connectivity index (χ3v) is 12.3. The van der Waals surface area contributed by atoms with Gasteiger partial charge in [0.15, 0.2) is 11.5 Å². The van der Waals surface area contributed by atoms with Crippen molar-refractivity contribution in [3.8, 4) is 23.0 Å². The highest BCUT2D eigenvalue weighted by molar-refractivity contribution is 5.95. The molecule has 4 aromatic heterocycles. The number of hydrogen-bond acceptors (Lipinski definition) is 12. The Morgan fingerprint density at radius 2 is 1.79 bits per heavy atom. The van der Waals surface area contributed by atoms with Gasteiger partial charge < -0.3 is 34.2 Å². The largest absolute Gasteiger partial charge is 0.378 e. The zero-order valence-corrected chi connectivity index (χ0v) is 33.5. The number of imidazole rings is 1. The minimum atomic E-state index is -0.858. The fraction of sp³-hybridized carbons (Fsp3) is 0.381. The van der Waals surface area contributed by atoms with E-state index in [0.29, 0.717) is 77.6 Å². The second-order valence-corrected chi connectivity index (χ2v) is 16.1. The Morgan fingerprint density at radius 1 is 0.934 bits per heavy atom. The number of aryl methyl sites for hydroxylation is 1. The van der Waals surface area contributed by atoms with E-state index in [1.54, 1.807) is 24.0 Å². The van der Waals surface area contributed by atoms with E-state index in [-0.39, 0.29) is 60.7 Å². The second-order valence-electron chi connectivity index (χ2n) is 16.1. The smallest absolute Gasteiger partial charge is 0.245 e. The molecule has 4 aliphatic rings. The summed E-state index contributed by atoms with van der Waals surface area (Å²) in [6.07, 6.45) is 2.10. The molecule has 6 aromatic rings. The van der Waals surface area contributed by atoms with E-state index in [1.807, 2.05) is 39.5 Å². The molecule has 10 rings (SSSR count). The quantitative estimate of drug-likeness (QED) is 0.255. The van der Waals surface area contributed by atoms with Crippen molar-refractivity contribution in [1.29, 1.82) is 5.26 Å². The highest BCUT2D eigenvalue weighted by atomic mass is 19.1. The number of benzene rings is 2. The first-order valence-electron chi connectivity index (χ1n) is 20.1. The lowest BCUT2D eigenvalue weighted by Gasteiger charge is -2.55. The van der Waals surface area contributed by atoms with E-state index in [0.717, 1.165) is 12.1 Å². The number of piperidine rings is 1. The number of hydrogen-bond donors (Lipinski definition) is 1. The Balaban J connectivity index is 1.09. The number of anilines is 3. The second kappa shape index (κ2) is 14.7. The van der Waals surface area contributed by atoms with Crippen molar-refractivity contribution in [1.82, 2.24) is 44.1 Å². The average Bonchev–Trinajstić information content (AvgIpc) is 3.93. The van der Waals surface area contributed by atoms with Crippen LogP contribution in [0.4, 0.5) is 30.8 Å². The van der Waals surface area contributed by atoms with Gasteiger partial charge in [0.05, 0.1) is 59.5 Å². The van der Waals surface area contributed by atoms with Crippen LogP contribution >= 0.6 is 0 Å². The molecule has 6 bridgehead atoms. The maximum absolute atomic E-state index is 15.4. The Morgan fingerprint density at radius 3 is 2.57 bits per heavy atom. The third-order valence-electron chi connectivity index (χ3n) is 12.3. The number of aromatic nitrogens is 7. The van der Waals surface area contributed by atoms with Crippen molar-refractivity contribution in [2.75, 3.05) is 55.5 Å². The number of likely N-dealkylation sites (N-methyl/N-ethyl adjacent to an activating group) is 1. The van der Waals surface area contributed by atoms with Crippen LogP contribution in [0.5, 0.6) is 0 Å². The molecule has 5 atom stereocenters. The molecule has 61 heavy (non-hydrogen) atoms. The SMILES string of the molecule is CO[C@H]1CN(C)C(=O)[C@@H]2C[C@@H](CN2c2nc(N3[C@H]4C[C@@H]3C(=O)N(CCC#N)C4)nc3c2cnn3-c2ccc(F)cc2F)Nc2cccc(n2)-c2cc(F)cc3nc(C)n(c23)C1. The lowest BCUT2D eigenvalue weighted by atomic mass is 9.87. The lowest BCUT2D eigenvalue weighted by molar-refractivity contribution is -0.140. The predicted octanol–water partition coefficient (Wildman–Crippen LogP) is 4.20. The highest BCUT2D eigenvalue weighted by Gasteiger charge is 2.52. The number of halogens is 3. The molecule has 19 heteroatoms. The molecule has 1 N–H and O–H groups in total. The number of nitriles is 1. The van der Waals surface area contributed by atoms with E-state index in [2.05, 4.69) is 21.5 Å². The van der Waals surface area contributed by atoms with Crippen LogP contribution in [-0.2, 0) is 20.9 Å². The van der Waals surface area contributed by atoms with Gasteiger partial charge in [-0.2, -0.15) is 20.3 Å². The molecule has 2 aromatic carbocycles. The number of piperazine rings is 1. The summed E-state index contributed by atoms with van der Waals surface area (Å²) in [6, 6.07) is 11.7. The standard InChI is InChI=1S/C42H40F3N13O3/c1-22-48-32-14-24(44)12-28-31-6-4-7-36(50-31)49-25-15-34(40(59)53(2)20-27(61-3)21-55(22)37(28)32)56(18-25)38-29-17-47-58(33-9-8-23(43)13-30(33)45)39(29)52-42(51-38)57-26-16-35(57)41(60)54(19-26)11-5-10-46/h4,6-9,12-14,17,25-27,34-35H,5,11,15-16,18-21H2,1-3H3,(H,49,50)/t25-,26-,27-,34-,35+/m0/s1. The summed E-state index contributed by atoms with van der Waals surface area (Å²) in [7, 11) is 3.30.